The number of piperidine rings is 1. The number of amides is 1. The number of carbonyl (C=O) groups excluding carboxylic acids is 1. The first kappa shape index (κ1) is 17.0. The molecule has 1 amide bonds. The van der Waals surface area contributed by atoms with Crippen molar-refractivity contribution in [2.45, 2.75) is 38.6 Å². The van der Waals surface area contributed by atoms with Gasteiger partial charge in [-0.1, -0.05) is 11.2 Å². The van der Waals surface area contributed by atoms with Crippen LogP contribution in [0, 0.1) is 0 Å². The lowest BCUT2D eigenvalue weighted by Crippen LogP contribution is -2.40. The van der Waals surface area contributed by atoms with Gasteiger partial charge in [-0.3, -0.25) is 4.79 Å². The van der Waals surface area contributed by atoms with E-state index in [1.165, 1.54) is 0 Å². The van der Waals surface area contributed by atoms with Crippen LogP contribution >= 0.6 is 11.3 Å². The Kier molecular flexibility index (Phi) is 4.58. The Bertz CT molecular complexity index is 883. The maximum absolute atomic E-state index is 12.9. The zero-order valence-corrected chi connectivity index (χ0v) is 15.6. The number of hydrogen-bond donors (Lipinski definition) is 0. The standard InChI is InChI=1S/C18H21N5O2S/c1-12(2)23-11-19-20-17(23)13-5-3-7-22(10-13)18(24)14-9-15(25-21-14)16-6-4-8-26-16/h4,6,8-9,11-13H,3,5,7,10H2,1-2H3. The smallest absolute Gasteiger partial charge is 0.276 e. The fourth-order valence-electron chi connectivity index (χ4n) is 3.39. The molecule has 1 fully saturated rings. The lowest BCUT2D eigenvalue weighted by molar-refractivity contribution is 0.0692. The van der Waals surface area contributed by atoms with E-state index in [4.69, 9.17) is 4.52 Å². The summed E-state index contributed by atoms with van der Waals surface area (Å²) in [5.74, 6) is 1.70. The summed E-state index contributed by atoms with van der Waals surface area (Å²) in [4.78, 5) is 15.7. The van der Waals surface area contributed by atoms with E-state index in [9.17, 15) is 4.79 Å². The van der Waals surface area contributed by atoms with Crippen molar-refractivity contribution >= 4 is 17.2 Å². The molecule has 1 aliphatic heterocycles. The van der Waals surface area contributed by atoms with E-state index in [2.05, 4.69) is 33.8 Å². The van der Waals surface area contributed by atoms with E-state index >= 15 is 0 Å². The van der Waals surface area contributed by atoms with Crippen LogP contribution in [0.1, 0.15) is 55.0 Å². The second kappa shape index (κ2) is 7.03. The molecule has 0 aromatic carbocycles. The molecule has 1 atom stereocenters. The number of nitrogens with zero attached hydrogens (tertiary/aromatic N) is 5. The minimum Gasteiger partial charge on any atom is -0.355 e. The highest BCUT2D eigenvalue weighted by atomic mass is 32.1. The molecule has 26 heavy (non-hydrogen) atoms. The Morgan fingerprint density at radius 2 is 2.31 bits per heavy atom. The molecule has 7 nitrogen and oxygen atoms in total. The average molecular weight is 371 g/mol. The summed E-state index contributed by atoms with van der Waals surface area (Å²) >= 11 is 1.56. The Labute approximate surface area is 155 Å². The molecule has 3 aromatic rings. The van der Waals surface area contributed by atoms with Crippen LogP contribution in [0.15, 0.2) is 34.4 Å². The minimum absolute atomic E-state index is 0.0862. The molecule has 0 saturated carbocycles. The van der Waals surface area contributed by atoms with Crippen LogP contribution in [0.2, 0.25) is 0 Å². The predicted molar refractivity (Wildman–Crippen MR) is 98.1 cm³/mol. The first-order valence-electron chi connectivity index (χ1n) is 8.82. The van der Waals surface area contributed by atoms with Gasteiger partial charge in [0.2, 0.25) is 0 Å². The van der Waals surface area contributed by atoms with Gasteiger partial charge in [0.05, 0.1) is 4.88 Å². The molecule has 3 aromatic heterocycles. The second-order valence-corrected chi connectivity index (χ2v) is 7.78. The van der Waals surface area contributed by atoms with Gasteiger partial charge in [0.25, 0.3) is 5.91 Å². The van der Waals surface area contributed by atoms with Gasteiger partial charge >= 0.3 is 0 Å². The molecular formula is C18H21N5O2S. The van der Waals surface area contributed by atoms with Crippen molar-refractivity contribution < 1.29 is 9.32 Å². The first-order chi connectivity index (χ1) is 12.6. The SMILES string of the molecule is CC(C)n1cnnc1C1CCCN(C(=O)c2cc(-c3cccs3)on2)C1. The lowest BCUT2D eigenvalue weighted by atomic mass is 9.96. The number of thiophene rings is 1. The van der Waals surface area contributed by atoms with Crippen molar-refractivity contribution in [2.75, 3.05) is 13.1 Å². The van der Waals surface area contributed by atoms with E-state index in [0.717, 1.165) is 30.1 Å². The third kappa shape index (κ3) is 3.16. The van der Waals surface area contributed by atoms with Crippen molar-refractivity contribution in [2.24, 2.45) is 0 Å². The summed E-state index contributed by atoms with van der Waals surface area (Å²) in [6, 6.07) is 5.93. The van der Waals surface area contributed by atoms with Crippen LogP contribution < -0.4 is 0 Å². The molecule has 1 saturated heterocycles. The monoisotopic (exact) mass is 371 g/mol. The number of hydrogen-bond acceptors (Lipinski definition) is 6. The van der Waals surface area contributed by atoms with Crippen LogP contribution in [0.4, 0.5) is 0 Å². The minimum atomic E-state index is -0.0862. The second-order valence-electron chi connectivity index (χ2n) is 6.83. The molecule has 1 aliphatic rings. The molecule has 0 spiro atoms. The van der Waals surface area contributed by atoms with E-state index in [0.29, 0.717) is 24.0 Å². The molecule has 0 bridgehead atoms. The van der Waals surface area contributed by atoms with Gasteiger partial charge in [-0.2, -0.15) is 0 Å². The van der Waals surface area contributed by atoms with Crippen molar-refractivity contribution in [3.05, 3.63) is 41.4 Å². The molecule has 8 heteroatoms. The van der Waals surface area contributed by atoms with Crippen LogP contribution in [0.25, 0.3) is 10.6 Å². The van der Waals surface area contributed by atoms with Gasteiger partial charge in [-0.25, -0.2) is 0 Å². The predicted octanol–water partition coefficient (Wildman–Crippen LogP) is 3.60. The maximum atomic E-state index is 12.9. The number of aromatic nitrogens is 4. The highest BCUT2D eigenvalue weighted by Crippen LogP contribution is 2.29. The molecule has 1 unspecified atom stereocenters. The van der Waals surface area contributed by atoms with Crippen molar-refractivity contribution in [1.82, 2.24) is 24.8 Å². The molecule has 136 valence electrons. The van der Waals surface area contributed by atoms with Crippen molar-refractivity contribution in [3.63, 3.8) is 0 Å². The van der Waals surface area contributed by atoms with Crippen molar-refractivity contribution in [3.8, 4) is 10.6 Å². The average Bonchev–Trinajstić information content (AvgIpc) is 3.41. The van der Waals surface area contributed by atoms with Gasteiger partial charge in [0.1, 0.15) is 12.2 Å². The Balaban J connectivity index is 1.51. The summed E-state index contributed by atoms with van der Waals surface area (Å²) in [7, 11) is 0. The van der Waals surface area contributed by atoms with Gasteiger partial charge in [0, 0.05) is 31.1 Å². The Morgan fingerprint density at radius 3 is 3.08 bits per heavy atom. The van der Waals surface area contributed by atoms with E-state index in [-0.39, 0.29) is 11.8 Å². The summed E-state index contributed by atoms with van der Waals surface area (Å²) in [6.45, 7) is 5.58. The highest BCUT2D eigenvalue weighted by molar-refractivity contribution is 7.13. The largest absolute Gasteiger partial charge is 0.355 e. The third-order valence-electron chi connectivity index (χ3n) is 4.72. The molecule has 0 radical (unpaired) electrons. The Hall–Kier alpha value is -2.48. The van der Waals surface area contributed by atoms with E-state index in [1.807, 2.05) is 22.4 Å². The normalized spacial score (nSPS) is 17.8. The summed E-state index contributed by atoms with van der Waals surface area (Å²) in [5, 5.41) is 14.3. The maximum Gasteiger partial charge on any atom is 0.276 e. The van der Waals surface area contributed by atoms with Crippen LogP contribution in [-0.2, 0) is 0 Å². The van der Waals surface area contributed by atoms with Crippen LogP contribution in [-0.4, -0.2) is 43.8 Å². The quantitative estimate of drug-likeness (QED) is 0.700. The van der Waals surface area contributed by atoms with Crippen LogP contribution in [0.5, 0.6) is 0 Å². The summed E-state index contributed by atoms with van der Waals surface area (Å²) in [6.07, 6.45) is 3.72. The highest BCUT2D eigenvalue weighted by Gasteiger charge is 2.30. The van der Waals surface area contributed by atoms with E-state index in [1.54, 1.807) is 23.7 Å². The van der Waals surface area contributed by atoms with Crippen LogP contribution in [0.3, 0.4) is 0 Å². The zero-order chi connectivity index (χ0) is 18.1. The Morgan fingerprint density at radius 1 is 1.42 bits per heavy atom. The topological polar surface area (TPSA) is 77.0 Å². The first-order valence-corrected chi connectivity index (χ1v) is 9.70. The summed E-state index contributed by atoms with van der Waals surface area (Å²) < 4.78 is 7.44. The molecule has 4 heterocycles. The molecule has 0 aliphatic carbocycles. The number of rotatable bonds is 4. The van der Waals surface area contributed by atoms with Gasteiger partial charge in [0.15, 0.2) is 11.5 Å². The van der Waals surface area contributed by atoms with Crippen molar-refractivity contribution in [1.29, 1.82) is 0 Å². The third-order valence-corrected chi connectivity index (χ3v) is 5.61. The van der Waals surface area contributed by atoms with Gasteiger partial charge < -0.3 is 14.0 Å². The molecular weight excluding hydrogens is 350 g/mol. The van der Waals surface area contributed by atoms with Gasteiger partial charge in [-0.05, 0) is 38.1 Å². The zero-order valence-electron chi connectivity index (χ0n) is 14.8. The van der Waals surface area contributed by atoms with E-state index < -0.39 is 0 Å². The molecule has 4 rings (SSSR count). The van der Waals surface area contributed by atoms with Gasteiger partial charge in [-0.15, -0.1) is 21.5 Å². The number of carbonyl (C=O) groups is 1. The fraction of sp³-hybridized carbons (Fsp3) is 0.444. The lowest BCUT2D eigenvalue weighted by Gasteiger charge is -2.32. The number of likely N-dealkylation sites (tertiary alicyclic amines) is 1. The fourth-order valence-corrected chi connectivity index (χ4v) is 4.06. The summed E-state index contributed by atoms with van der Waals surface area (Å²) in [5.41, 5.74) is 0.361. The molecule has 0 N–H and O–H groups in total.